The Labute approximate surface area is 163 Å². The molecule has 3 spiro atoms. The summed E-state index contributed by atoms with van der Waals surface area (Å²) in [6, 6.07) is 8.22. The highest BCUT2D eigenvalue weighted by Crippen LogP contribution is 2.81. The van der Waals surface area contributed by atoms with Crippen molar-refractivity contribution in [1.29, 1.82) is 0 Å². The molecule has 6 nitrogen and oxygen atoms in total. The van der Waals surface area contributed by atoms with Crippen LogP contribution in [-0.4, -0.2) is 59.3 Å². The smallest absolute Gasteiger partial charge is 0.414 e. The standard InChI is InChI=1S/C22H24N2O4/c1-28-18(26)24-15-6-3-2-5-13(15)22-14-11-23-10-4-7-19(17(22)23)8-9-21(22,24)20(27,12-19)16(14)25/h2-3,5-6,14,17,27H,4,7-12H2,1H3/t14-,17+,19-,20-,21-,22-/m1/s1. The third kappa shape index (κ3) is 1.16. The van der Waals surface area contributed by atoms with Crippen molar-refractivity contribution in [2.45, 2.75) is 54.7 Å². The molecule has 1 amide bonds. The van der Waals surface area contributed by atoms with E-state index in [2.05, 4.69) is 11.0 Å². The summed E-state index contributed by atoms with van der Waals surface area (Å²) < 4.78 is 5.22. The molecular formula is C22H24N2O4. The number of hydrogen-bond acceptors (Lipinski definition) is 5. The maximum absolute atomic E-state index is 13.8. The van der Waals surface area contributed by atoms with Gasteiger partial charge in [0.05, 0.1) is 23.8 Å². The lowest BCUT2D eigenvalue weighted by atomic mass is 9.40. The number of fused-ring (bicyclic) bond motifs is 2. The number of ether oxygens (including phenoxy) is 1. The maximum Gasteiger partial charge on any atom is 0.414 e. The fourth-order valence-corrected chi connectivity index (χ4v) is 9.19. The van der Waals surface area contributed by atoms with E-state index in [0.29, 0.717) is 19.4 Å². The van der Waals surface area contributed by atoms with Gasteiger partial charge in [-0.1, -0.05) is 18.2 Å². The van der Waals surface area contributed by atoms with Gasteiger partial charge in [-0.3, -0.25) is 14.6 Å². The minimum atomic E-state index is -1.48. The van der Waals surface area contributed by atoms with E-state index in [1.165, 1.54) is 7.11 Å². The zero-order valence-electron chi connectivity index (χ0n) is 16.0. The summed E-state index contributed by atoms with van der Waals surface area (Å²) in [5, 5.41) is 12.1. The summed E-state index contributed by atoms with van der Waals surface area (Å²) in [6.45, 7) is 1.71. The second-order valence-corrected chi connectivity index (χ2v) is 9.87. The van der Waals surface area contributed by atoms with Crippen LogP contribution >= 0.6 is 0 Å². The van der Waals surface area contributed by atoms with Gasteiger partial charge >= 0.3 is 6.09 Å². The highest BCUT2D eigenvalue weighted by Gasteiger charge is 2.93. The van der Waals surface area contributed by atoms with Gasteiger partial charge in [0.25, 0.3) is 0 Å². The van der Waals surface area contributed by atoms with Crippen LogP contribution in [0.3, 0.4) is 0 Å². The van der Waals surface area contributed by atoms with E-state index in [-0.39, 0.29) is 23.2 Å². The van der Waals surface area contributed by atoms with Crippen LogP contribution in [0.15, 0.2) is 24.3 Å². The fourth-order valence-electron chi connectivity index (χ4n) is 9.19. The van der Waals surface area contributed by atoms with Crippen LogP contribution in [0.4, 0.5) is 10.5 Å². The Morgan fingerprint density at radius 3 is 2.89 bits per heavy atom. The number of aliphatic hydroxyl groups is 1. The Kier molecular flexibility index (Phi) is 2.45. The van der Waals surface area contributed by atoms with Gasteiger partial charge in [-0.15, -0.1) is 0 Å². The van der Waals surface area contributed by atoms with Crippen LogP contribution < -0.4 is 4.90 Å². The molecule has 3 heterocycles. The molecule has 4 bridgehead atoms. The third-order valence-corrected chi connectivity index (χ3v) is 9.48. The van der Waals surface area contributed by atoms with Gasteiger partial charge in [0.2, 0.25) is 0 Å². The molecule has 1 N–H and O–H groups in total. The number of rotatable bonds is 0. The monoisotopic (exact) mass is 380 g/mol. The molecule has 3 aliphatic heterocycles. The van der Waals surface area contributed by atoms with Crippen molar-refractivity contribution in [3.05, 3.63) is 29.8 Å². The molecule has 1 aromatic rings. The fraction of sp³-hybridized carbons (Fsp3) is 0.636. The molecule has 4 aliphatic carbocycles. The van der Waals surface area contributed by atoms with Gasteiger partial charge in [-0.05, 0) is 55.7 Å². The van der Waals surface area contributed by atoms with Gasteiger partial charge in [-0.25, -0.2) is 4.79 Å². The van der Waals surface area contributed by atoms with Crippen molar-refractivity contribution in [2.75, 3.05) is 25.1 Å². The van der Waals surface area contributed by atoms with Crippen LogP contribution in [0.1, 0.15) is 37.7 Å². The predicted octanol–water partition coefficient (Wildman–Crippen LogP) is 1.84. The Hall–Kier alpha value is -1.92. The first-order chi connectivity index (χ1) is 13.5. The van der Waals surface area contributed by atoms with Crippen molar-refractivity contribution < 1.29 is 19.4 Å². The van der Waals surface area contributed by atoms with Crippen molar-refractivity contribution in [3.63, 3.8) is 0 Å². The topological polar surface area (TPSA) is 70.1 Å². The van der Waals surface area contributed by atoms with Gasteiger partial charge in [0.15, 0.2) is 5.78 Å². The van der Waals surface area contributed by atoms with E-state index in [1.807, 2.05) is 18.2 Å². The van der Waals surface area contributed by atoms with E-state index >= 15 is 0 Å². The molecular weight excluding hydrogens is 356 g/mol. The second kappa shape index (κ2) is 4.31. The number of nitrogens with zero attached hydrogens (tertiary/aromatic N) is 2. The van der Waals surface area contributed by atoms with E-state index < -0.39 is 22.6 Å². The van der Waals surface area contributed by atoms with Crippen LogP contribution in [0.5, 0.6) is 0 Å². The normalized spacial score (nSPS) is 49.4. The molecule has 0 unspecified atom stereocenters. The van der Waals surface area contributed by atoms with E-state index in [0.717, 1.165) is 37.1 Å². The van der Waals surface area contributed by atoms with Crippen LogP contribution in [0.25, 0.3) is 0 Å². The first-order valence-electron chi connectivity index (χ1n) is 10.5. The Balaban J connectivity index is 1.65. The van der Waals surface area contributed by atoms with Crippen LogP contribution in [0, 0.1) is 11.3 Å². The molecule has 2 saturated heterocycles. The number of Topliss-reactive ketones (excluding diaryl/α,β-unsaturated/α-hetero) is 1. The predicted molar refractivity (Wildman–Crippen MR) is 100 cm³/mol. The zero-order chi connectivity index (χ0) is 19.1. The number of anilines is 1. The molecule has 7 aliphatic rings. The molecule has 146 valence electrons. The number of benzene rings is 1. The lowest BCUT2D eigenvalue weighted by Gasteiger charge is -2.69. The average molecular weight is 380 g/mol. The Bertz CT molecular complexity index is 979. The number of amides is 1. The van der Waals surface area contributed by atoms with Crippen LogP contribution in [0.2, 0.25) is 0 Å². The molecule has 28 heavy (non-hydrogen) atoms. The first-order valence-corrected chi connectivity index (χ1v) is 10.5. The van der Waals surface area contributed by atoms with E-state index in [4.69, 9.17) is 4.74 Å². The largest absolute Gasteiger partial charge is 0.452 e. The van der Waals surface area contributed by atoms with Crippen LogP contribution in [-0.2, 0) is 14.9 Å². The number of piperidine rings is 1. The van der Waals surface area contributed by atoms with Crippen molar-refractivity contribution in [3.8, 4) is 0 Å². The minimum absolute atomic E-state index is 0.0328. The maximum atomic E-state index is 13.8. The Morgan fingerprint density at radius 1 is 1.25 bits per heavy atom. The summed E-state index contributed by atoms with van der Waals surface area (Å²) in [4.78, 5) is 31.1. The number of methoxy groups -OCH3 is 1. The molecule has 6 heteroatoms. The zero-order valence-corrected chi connectivity index (χ0v) is 16.0. The summed E-state index contributed by atoms with van der Waals surface area (Å²) >= 11 is 0. The Morgan fingerprint density at radius 2 is 2.07 bits per heavy atom. The second-order valence-electron chi connectivity index (χ2n) is 9.87. The number of ketones is 1. The number of carbonyl (C=O) groups excluding carboxylic acids is 2. The lowest BCUT2D eigenvalue weighted by molar-refractivity contribution is -0.194. The average Bonchev–Trinajstić information content (AvgIpc) is 3.23. The SMILES string of the molecule is COC(=O)N1c2ccccc2[C@]23[C@@H]4CN5CCC[C@]6(CC[C@]12[C@@](O)(C6)C4=O)[C@H]53. The van der Waals surface area contributed by atoms with Crippen molar-refractivity contribution in [1.82, 2.24) is 4.90 Å². The van der Waals surface area contributed by atoms with Crippen molar-refractivity contribution in [2.24, 2.45) is 11.3 Å². The summed E-state index contributed by atoms with van der Waals surface area (Å²) in [7, 11) is 1.39. The quantitative estimate of drug-likeness (QED) is 0.744. The molecule has 0 aromatic heterocycles. The van der Waals surface area contributed by atoms with Gasteiger partial charge in [0.1, 0.15) is 5.60 Å². The lowest BCUT2D eigenvalue weighted by Crippen LogP contribution is -2.82. The molecule has 6 atom stereocenters. The minimum Gasteiger partial charge on any atom is -0.452 e. The van der Waals surface area contributed by atoms with Gasteiger partial charge in [0, 0.05) is 18.5 Å². The molecule has 6 fully saturated rings. The third-order valence-electron chi connectivity index (χ3n) is 9.48. The molecule has 4 saturated carbocycles. The number of para-hydroxylation sites is 1. The number of hydrogen-bond donors (Lipinski definition) is 1. The molecule has 0 radical (unpaired) electrons. The molecule has 1 aromatic carbocycles. The summed E-state index contributed by atoms with van der Waals surface area (Å²) in [5.41, 5.74) is -1.04. The first kappa shape index (κ1) is 15.9. The van der Waals surface area contributed by atoms with E-state index in [9.17, 15) is 14.7 Å². The summed E-state index contributed by atoms with van der Waals surface area (Å²) in [5.74, 6) is -0.287. The highest BCUT2D eigenvalue weighted by atomic mass is 16.5. The van der Waals surface area contributed by atoms with Crippen molar-refractivity contribution >= 4 is 17.6 Å². The molecule has 8 rings (SSSR count). The summed E-state index contributed by atoms with van der Waals surface area (Å²) in [6.07, 6.45) is 3.84. The van der Waals surface area contributed by atoms with Gasteiger partial charge in [-0.2, -0.15) is 0 Å². The van der Waals surface area contributed by atoms with E-state index in [1.54, 1.807) is 4.90 Å². The number of carbonyl (C=O) groups is 2. The highest BCUT2D eigenvalue weighted by molar-refractivity contribution is 6.07. The van der Waals surface area contributed by atoms with Gasteiger partial charge < -0.3 is 9.84 Å².